The second-order valence-corrected chi connectivity index (χ2v) is 6.56. The van der Waals surface area contributed by atoms with Gasteiger partial charge in [0.25, 0.3) is 5.91 Å². The van der Waals surface area contributed by atoms with Crippen molar-refractivity contribution >= 4 is 17.8 Å². The van der Waals surface area contributed by atoms with Crippen LogP contribution in [0.25, 0.3) is 0 Å². The number of hydrogen-bond donors (Lipinski definition) is 1. The van der Waals surface area contributed by atoms with E-state index in [9.17, 15) is 9.59 Å². The largest absolute Gasteiger partial charge is 0.357 e. The lowest BCUT2D eigenvalue weighted by Crippen LogP contribution is -2.53. The van der Waals surface area contributed by atoms with Gasteiger partial charge in [-0.15, -0.1) is 0 Å². The van der Waals surface area contributed by atoms with Crippen LogP contribution in [0.2, 0.25) is 0 Å². The number of guanidine groups is 1. The quantitative estimate of drug-likeness (QED) is 0.644. The van der Waals surface area contributed by atoms with E-state index in [-0.39, 0.29) is 11.8 Å². The van der Waals surface area contributed by atoms with Crippen LogP contribution in [0.15, 0.2) is 29.3 Å². The Balaban J connectivity index is 2.00. The van der Waals surface area contributed by atoms with Crippen LogP contribution in [-0.2, 0) is 11.3 Å². The molecular formula is C19H29N5O2. The smallest absolute Gasteiger partial charge is 0.253 e. The van der Waals surface area contributed by atoms with Gasteiger partial charge in [0, 0.05) is 59.3 Å². The zero-order chi connectivity index (χ0) is 19.1. The molecule has 1 aromatic carbocycles. The van der Waals surface area contributed by atoms with Crippen molar-refractivity contribution in [3.05, 3.63) is 35.4 Å². The van der Waals surface area contributed by atoms with Gasteiger partial charge in [0.2, 0.25) is 5.91 Å². The van der Waals surface area contributed by atoms with Crippen molar-refractivity contribution in [2.45, 2.75) is 20.4 Å². The minimum Gasteiger partial charge on any atom is -0.357 e. The zero-order valence-electron chi connectivity index (χ0n) is 16.2. The maximum absolute atomic E-state index is 11.9. The van der Waals surface area contributed by atoms with Gasteiger partial charge in [0.05, 0.1) is 6.54 Å². The molecule has 7 nitrogen and oxygen atoms in total. The SMILES string of the molecule is CCNC(=NCc1ccc(C(=O)N(C)C)cc1)N1CCN(C(C)=O)CC1. The van der Waals surface area contributed by atoms with Crippen LogP contribution in [0.1, 0.15) is 29.8 Å². The molecule has 0 aromatic heterocycles. The van der Waals surface area contributed by atoms with Crippen molar-refractivity contribution in [2.24, 2.45) is 4.99 Å². The highest BCUT2D eigenvalue weighted by Gasteiger charge is 2.20. The summed E-state index contributed by atoms with van der Waals surface area (Å²) >= 11 is 0. The summed E-state index contributed by atoms with van der Waals surface area (Å²) in [4.78, 5) is 33.7. The van der Waals surface area contributed by atoms with E-state index in [0.717, 1.165) is 44.2 Å². The van der Waals surface area contributed by atoms with E-state index < -0.39 is 0 Å². The molecule has 0 atom stereocenters. The molecule has 7 heteroatoms. The first kappa shape index (κ1) is 19.8. The first-order valence-corrected chi connectivity index (χ1v) is 9.01. The second kappa shape index (κ2) is 9.22. The highest BCUT2D eigenvalue weighted by molar-refractivity contribution is 5.93. The van der Waals surface area contributed by atoms with Crippen LogP contribution in [0, 0.1) is 0 Å². The van der Waals surface area contributed by atoms with Gasteiger partial charge in [0.1, 0.15) is 0 Å². The highest BCUT2D eigenvalue weighted by Crippen LogP contribution is 2.09. The number of carbonyl (C=O) groups excluding carboxylic acids is 2. The summed E-state index contributed by atoms with van der Waals surface area (Å²) in [5.74, 6) is 0.986. The molecule has 1 N–H and O–H groups in total. The Labute approximate surface area is 155 Å². The normalized spacial score (nSPS) is 15.0. The third kappa shape index (κ3) is 5.21. The minimum absolute atomic E-state index is 0.00303. The topological polar surface area (TPSA) is 68.2 Å². The van der Waals surface area contributed by atoms with Gasteiger partial charge < -0.3 is 20.0 Å². The number of amides is 2. The van der Waals surface area contributed by atoms with E-state index in [0.29, 0.717) is 12.1 Å². The summed E-state index contributed by atoms with van der Waals surface area (Å²) in [5.41, 5.74) is 1.73. The molecule has 1 aliphatic rings. The monoisotopic (exact) mass is 359 g/mol. The predicted molar refractivity (Wildman–Crippen MR) is 103 cm³/mol. The van der Waals surface area contributed by atoms with Crippen molar-refractivity contribution in [2.75, 3.05) is 46.8 Å². The third-order valence-corrected chi connectivity index (χ3v) is 4.38. The molecule has 1 fully saturated rings. The summed E-state index contributed by atoms with van der Waals surface area (Å²) in [6.07, 6.45) is 0. The van der Waals surface area contributed by atoms with E-state index in [1.54, 1.807) is 25.9 Å². The molecule has 0 bridgehead atoms. The van der Waals surface area contributed by atoms with E-state index in [1.807, 2.05) is 36.1 Å². The Kier molecular flexibility index (Phi) is 7.00. The molecule has 1 aromatic rings. The van der Waals surface area contributed by atoms with E-state index in [2.05, 4.69) is 10.2 Å². The highest BCUT2D eigenvalue weighted by atomic mass is 16.2. The van der Waals surface area contributed by atoms with Crippen LogP contribution < -0.4 is 5.32 Å². The molecule has 0 saturated carbocycles. The Morgan fingerprint density at radius 3 is 2.15 bits per heavy atom. The van der Waals surface area contributed by atoms with E-state index >= 15 is 0 Å². The fraction of sp³-hybridized carbons (Fsp3) is 0.526. The van der Waals surface area contributed by atoms with Crippen LogP contribution >= 0.6 is 0 Å². The van der Waals surface area contributed by atoms with Gasteiger partial charge in [0.15, 0.2) is 5.96 Å². The summed E-state index contributed by atoms with van der Waals surface area (Å²) in [6, 6.07) is 7.56. The average Bonchev–Trinajstić information content (AvgIpc) is 2.65. The maximum Gasteiger partial charge on any atom is 0.253 e. The first-order chi connectivity index (χ1) is 12.4. The fourth-order valence-corrected chi connectivity index (χ4v) is 2.84. The maximum atomic E-state index is 11.9. The van der Waals surface area contributed by atoms with Crippen molar-refractivity contribution in [3.63, 3.8) is 0 Å². The fourth-order valence-electron chi connectivity index (χ4n) is 2.84. The molecule has 0 aliphatic carbocycles. The lowest BCUT2D eigenvalue weighted by atomic mass is 10.1. The van der Waals surface area contributed by atoms with Crippen LogP contribution in [0.3, 0.4) is 0 Å². The number of benzene rings is 1. The predicted octanol–water partition coefficient (Wildman–Crippen LogP) is 1.02. The van der Waals surface area contributed by atoms with Crippen molar-refractivity contribution in [1.29, 1.82) is 0 Å². The van der Waals surface area contributed by atoms with Gasteiger partial charge in [-0.1, -0.05) is 12.1 Å². The Bertz CT molecular complexity index is 646. The van der Waals surface area contributed by atoms with Gasteiger partial charge in [-0.3, -0.25) is 9.59 Å². The molecule has 1 aliphatic heterocycles. The van der Waals surface area contributed by atoms with Gasteiger partial charge in [-0.05, 0) is 24.6 Å². The molecule has 26 heavy (non-hydrogen) atoms. The van der Waals surface area contributed by atoms with E-state index in [1.165, 1.54) is 0 Å². The summed E-state index contributed by atoms with van der Waals surface area (Å²) in [5, 5.41) is 3.32. The summed E-state index contributed by atoms with van der Waals surface area (Å²) < 4.78 is 0. The number of aliphatic imine (C=N–C) groups is 1. The van der Waals surface area contributed by atoms with Crippen LogP contribution in [-0.4, -0.2) is 79.3 Å². The number of piperazine rings is 1. The van der Waals surface area contributed by atoms with Crippen molar-refractivity contribution in [3.8, 4) is 0 Å². The molecular weight excluding hydrogens is 330 g/mol. The molecule has 1 heterocycles. The zero-order valence-corrected chi connectivity index (χ0v) is 16.2. The van der Waals surface area contributed by atoms with E-state index in [4.69, 9.17) is 4.99 Å². The summed E-state index contributed by atoms with van der Waals surface area (Å²) in [7, 11) is 3.49. The van der Waals surface area contributed by atoms with Crippen LogP contribution in [0.5, 0.6) is 0 Å². The first-order valence-electron chi connectivity index (χ1n) is 9.01. The number of nitrogens with one attached hydrogen (secondary N) is 1. The molecule has 2 rings (SSSR count). The summed E-state index contributed by atoms with van der Waals surface area (Å²) in [6.45, 7) is 8.00. The van der Waals surface area contributed by atoms with Gasteiger partial charge in [-0.2, -0.15) is 0 Å². The lowest BCUT2D eigenvalue weighted by molar-refractivity contribution is -0.130. The Morgan fingerprint density at radius 1 is 1.08 bits per heavy atom. The Hall–Kier alpha value is -2.57. The molecule has 142 valence electrons. The number of nitrogens with zero attached hydrogens (tertiary/aromatic N) is 4. The molecule has 0 spiro atoms. The number of rotatable bonds is 4. The van der Waals surface area contributed by atoms with Crippen molar-refractivity contribution < 1.29 is 9.59 Å². The lowest BCUT2D eigenvalue weighted by Gasteiger charge is -2.36. The average molecular weight is 359 g/mol. The second-order valence-electron chi connectivity index (χ2n) is 6.56. The molecule has 1 saturated heterocycles. The third-order valence-electron chi connectivity index (χ3n) is 4.38. The minimum atomic E-state index is -0.00303. The van der Waals surface area contributed by atoms with Crippen molar-refractivity contribution in [1.82, 2.24) is 20.0 Å². The molecule has 2 amide bonds. The van der Waals surface area contributed by atoms with Gasteiger partial charge >= 0.3 is 0 Å². The number of hydrogen-bond acceptors (Lipinski definition) is 3. The number of carbonyl (C=O) groups is 2. The standard InChI is InChI=1S/C19H29N5O2/c1-5-20-19(24-12-10-23(11-13-24)15(2)25)21-14-16-6-8-17(9-7-16)18(26)22(3)4/h6-9H,5,10-14H2,1-4H3,(H,20,21). The molecule has 0 radical (unpaired) electrons. The Morgan fingerprint density at radius 2 is 1.65 bits per heavy atom. The van der Waals surface area contributed by atoms with Crippen LogP contribution in [0.4, 0.5) is 0 Å². The van der Waals surface area contributed by atoms with Gasteiger partial charge in [-0.25, -0.2) is 4.99 Å². The molecule has 0 unspecified atom stereocenters.